The van der Waals surface area contributed by atoms with Crippen molar-refractivity contribution in [3.8, 4) is 0 Å². The molecule has 0 bridgehead atoms. The number of nitrogens with zero attached hydrogens (tertiary/aromatic N) is 1. The van der Waals surface area contributed by atoms with Gasteiger partial charge in [0.25, 0.3) is 0 Å². The van der Waals surface area contributed by atoms with Crippen LogP contribution in [0.25, 0.3) is 6.08 Å². The van der Waals surface area contributed by atoms with Crippen LogP contribution in [0.2, 0.25) is 0 Å². The van der Waals surface area contributed by atoms with Crippen molar-refractivity contribution in [2.75, 3.05) is 6.61 Å². The molecule has 0 N–H and O–H groups in total. The van der Waals surface area contributed by atoms with E-state index in [9.17, 15) is 9.59 Å². The first-order valence-corrected chi connectivity index (χ1v) is 4.54. The smallest absolute Gasteiger partial charge is 0.356 e. The molecule has 1 heterocycles. The maximum absolute atomic E-state index is 11.3. The van der Waals surface area contributed by atoms with Gasteiger partial charge in [-0.3, -0.25) is 4.79 Å². The lowest BCUT2D eigenvalue weighted by Gasteiger charge is -2.00. The van der Waals surface area contributed by atoms with Gasteiger partial charge < -0.3 is 4.74 Å². The molecule has 0 saturated carbocycles. The molecule has 0 spiro atoms. The molecular formula is C11H11NO3. The number of aromatic nitrogens is 1. The van der Waals surface area contributed by atoms with Crippen LogP contribution in [-0.4, -0.2) is 23.8 Å². The van der Waals surface area contributed by atoms with E-state index in [4.69, 9.17) is 4.74 Å². The molecule has 0 atom stereocenters. The van der Waals surface area contributed by atoms with Crippen molar-refractivity contribution in [1.82, 2.24) is 4.98 Å². The summed E-state index contributed by atoms with van der Waals surface area (Å²) in [7, 11) is 0. The summed E-state index contributed by atoms with van der Waals surface area (Å²) < 4.78 is 4.79. The molecule has 0 aliphatic heterocycles. The summed E-state index contributed by atoms with van der Waals surface area (Å²) >= 11 is 0. The van der Waals surface area contributed by atoms with Crippen molar-refractivity contribution >= 4 is 18.3 Å². The molecule has 0 amide bonds. The molecule has 4 heteroatoms. The molecular weight excluding hydrogens is 194 g/mol. The monoisotopic (exact) mass is 205 g/mol. The minimum absolute atomic E-state index is 0.241. The highest BCUT2D eigenvalue weighted by atomic mass is 16.5. The highest BCUT2D eigenvalue weighted by molar-refractivity contribution is 5.87. The number of carbonyl (C=O) groups is 2. The van der Waals surface area contributed by atoms with E-state index in [2.05, 4.69) is 4.98 Å². The molecule has 0 aromatic carbocycles. The number of pyridine rings is 1. The molecule has 1 rings (SSSR count). The Balaban J connectivity index is 2.86. The Morgan fingerprint density at radius 2 is 2.33 bits per heavy atom. The Labute approximate surface area is 87.6 Å². The van der Waals surface area contributed by atoms with Gasteiger partial charge in [0.1, 0.15) is 12.0 Å². The number of aldehydes is 1. The number of hydrogen-bond acceptors (Lipinski definition) is 4. The van der Waals surface area contributed by atoms with E-state index in [1.54, 1.807) is 25.1 Å². The molecule has 15 heavy (non-hydrogen) atoms. The maximum Gasteiger partial charge on any atom is 0.356 e. The molecule has 4 nitrogen and oxygen atoms in total. The fraction of sp³-hybridized carbons (Fsp3) is 0.182. The predicted molar refractivity (Wildman–Crippen MR) is 55.3 cm³/mol. The number of hydrogen-bond donors (Lipinski definition) is 0. The third kappa shape index (κ3) is 3.34. The summed E-state index contributed by atoms with van der Waals surface area (Å²) in [5.41, 5.74) is 0.789. The van der Waals surface area contributed by atoms with Gasteiger partial charge in [-0.05, 0) is 31.2 Å². The summed E-state index contributed by atoms with van der Waals surface area (Å²) in [5, 5.41) is 0. The van der Waals surface area contributed by atoms with Crippen LogP contribution in [0.5, 0.6) is 0 Å². The van der Waals surface area contributed by atoms with Crippen LogP contribution >= 0.6 is 0 Å². The molecule has 1 aromatic rings. The van der Waals surface area contributed by atoms with Crippen molar-refractivity contribution in [3.63, 3.8) is 0 Å². The average Bonchev–Trinajstić information content (AvgIpc) is 2.27. The van der Waals surface area contributed by atoms with E-state index in [0.29, 0.717) is 18.6 Å². The van der Waals surface area contributed by atoms with Gasteiger partial charge in [0.15, 0.2) is 0 Å². The third-order valence-electron chi connectivity index (χ3n) is 1.60. The Morgan fingerprint density at radius 3 is 3.00 bits per heavy atom. The van der Waals surface area contributed by atoms with Gasteiger partial charge >= 0.3 is 5.97 Å². The van der Waals surface area contributed by atoms with Gasteiger partial charge in [0.05, 0.1) is 12.3 Å². The number of esters is 1. The average molecular weight is 205 g/mol. The van der Waals surface area contributed by atoms with Gasteiger partial charge in [-0.15, -0.1) is 0 Å². The van der Waals surface area contributed by atoms with Gasteiger partial charge in [0.2, 0.25) is 0 Å². The third-order valence-corrected chi connectivity index (χ3v) is 1.60. The standard InChI is InChI=1S/C11H11NO3/c1-2-15-11(14)10-7-3-5-9(12-10)6-4-8-13/h3-8H,2H2,1H3. The highest BCUT2D eigenvalue weighted by Gasteiger charge is 2.07. The van der Waals surface area contributed by atoms with Crippen LogP contribution in [0.15, 0.2) is 24.3 Å². The first-order valence-electron chi connectivity index (χ1n) is 4.54. The summed E-state index contributed by atoms with van der Waals surface area (Å²) in [5.74, 6) is -0.459. The molecule has 78 valence electrons. The van der Waals surface area contributed by atoms with Crippen LogP contribution in [0.4, 0.5) is 0 Å². The van der Waals surface area contributed by atoms with E-state index in [-0.39, 0.29) is 5.69 Å². The molecule has 0 aliphatic carbocycles. The van der Waals surface area contributed by atoms with Crippen molar-refractivity contribution in [2.45, 2.75) is 6.92 Å². The summed E-state index contributed by atoms with van der Waals surface area (Å²) in [6, 6.07) is 4.95. The molecule has 0 unspecified atom stereocenters. The zero-order chi connectivity index (χ0) is 11.1. The topological polar surface area (TPSA) is 56.3 Å². The van der Waals surface area contributed by atoms with Gasteiger partial charge in [-0.2, -0.15) is 0 Å². The lowest BCUT2D eigenvalue weighted by Crippen LogP contribution is -2.07. The van der Waals surface area contributed by atoms with Crippen LogP contribution in [0.3, 0.4) is 0 Å². The predicted octanol–water partition coefficient (Wildman–Crippen LogP) is 1.47. The van der Waals surface area contributed by atoms with Crippen molar-refractivity contribution in [3.05, 3.63) is 35.7 Å². The maximum atomic E-state index is 11.3. The normalized spacial score (nSPS) is 10.2. The SMILES string of the molecule is CCOC(=O)c1cccc(C=CC=O)n1. The summed E-state index contributed by atoms with van der Waals surface area (Å²) in [6.07, 6.45) is 3.49. The molecule has 0 radical (unpaired) electrons. The van der Waals surface area contributed by atoms with E-state index in [1.165, 1.54) is 12.2 Å². The zero-order valence-electron chi connectivity index (χ0n) is 8.34. The van der Waals surface area contributed by atoms with E-state index < -0.39 is 5.97 Å². The van der Waals surface area contributed by atoms with Crippen LogP contribution < -0.4 is 0 Å². The minimum Gasteiger partial charge on any atom is -0.461 e. The summed E-state index contributed by atoms with van der Waals surface area (Å²) in [6.45, 7) is 2.04. The largest absolute Gasteiger partial charge is 0.461 e. The minimum atomic E-state index is -0.459. The molecule has 0 fully saturated rings. The second kappa shape index (κ2) is 5.70. The van der Waals surface area contributed by atoms with E-state index in [1.807, 2.05) is 0 Å². The first kappa shape index (κ1) is 11.1. The summed E-state index contributed by atoms with van der Waals surface area (Å²) in [4.78, 5) is 25.4. The van der Waals surface area contributed by atoms with Crippen molar-refractivity contribution in [2.24, 2.45) is 0 Å². The number of carbonyl (C=O) groups excluding carboxylic acids is 2. The quantitative estimate of drug-likeness (QED) is 0.424. The van der Waals surface area contributed by atoms with E-state index >= 15 is 0 Å². The Morgan fingerprint density at radius 1 is 1.53 bits per heavy atom. The molecule has 0 saturated heterocycles. The Bertz CT molecular complexity index is 385. The zero-order valence-corrected chi connectivity index (χ0v) is 8.34. The highest BCUT2D eigenvalue weighted by Crippen LogP contribution is 2.03. The number of ether oxygens (including phenoxy) is 1. The fourth-order valence-corrected chi connectivity index (χ4v) is 1.00. The van der Waals surface area contributed by atoms with Crippen molar-refractivity contribution < 1.29 is 14.3 Å². The Kier molecular flexibility index (Phi) is 4.22. The van der Waals surface area contributed by atoms with Gasteiger partial charge in [-0.25, -0.2) is 9.78 Å². The Hall–Kier alpha value is -1.97. The fourth-order valence-electron chi connectivity index (χ4n) is 1.00. The van der Waals surface area contributed by atoms with Crippen molar-refractivity contribution in [1.29, 1.82) is 0 Å². The van der Waals surface area contributed by atoms with Crippen LogP contribution in [-0.2, 0) is 9.53 Å². The van der Waals surface area contributed by atoms with Gasteiger partial charge in [0, 0.05) is 0 Å². The lowest BCUT2D eigenvalue weighted by molar-refractivity contribution is -0.104. The second-order valence-corrected chi connectivity index (χ2v) is 2.66. The van der Waals surface area contributed by atoms with E-state index in [0.717, 1.165) is 0 Å². The first-order chi connectivity index (χ1) is 7.27. The van der Waals surface area contributed by atoms with Gasteiger partial charge in [-0.1, -0.05) is 6.07 Å². The second-order valence-electron chi connectivity index (χ2n) is 2.66. The molecule has 0 aliphatic rings. The lowest BCUT2D eigenvalue weighted by atomic mass is 10.3. The number of rotatable bonds is 4. The number of allylic oxidation sites excluding steroid dienone is 1. The van der Waals surface area contributed by atoms with Crippen LogP contribution in [0.1, 0.15) is 23.1 Å². The van der Waals surface area contributed by atoms with Crippen LogP contribution in [0, 0.1) is 0 Å². The molecule has 1 aromatic heterocycles.